The number of ether oxygens (including phenoxy) is 1. The summed E-state index contributed by atoms with van der Waals surface area (Å²) in [5.74, 6) is -1.31. The van der Waals surface area contributed by atoms with Crippen molar-refractivity contribution in [3.05, 3.63) is 0 Å². The van der Waals surface area contributed by atoms with Gasteiger partial charge in [-0.25, -0.2) is 4.79 Å². The van der Waals surface area contributed by atoms with E-state index in [-0.39, 0.29) is 17.7 Å². The lowest BCUT2D eigenvalue weighted by molar-refractivity contribution is -0.145. The van der Waals surface area contributed by atoms with Crippen LogP contribution in [0, 0.1) is 11.8 Å². The highest BCUT2D eigenvalue weighted by molar-refractivity contribution is 5.86. The Kier molecular flexibility index (Phi) is 4.29. The van der Waals surface area contributed by atoms with Crippen molar-refractivity contribution < 1.29 is 19.4 Å². The van der Waals surface area contributed by atoms with Gasteiger partial charge in [-0.2, -0.15) is 0 Å². The number of nitrogens with one attached hydrogen (secondary N) is 1. The molecule has 0 spiro atoms. The number of carbonyl (C=O) groups is 2. The van der Waals surface area contributed by atoms with Gasteiger partial charge in [-0.05, 0) is 18.3 Å². The molecule has 2 unspecified atom stereocenters. The van der Waals surface area contributed by atoms with Gasteiger partial charge in [0.05, 0.1) is 0 Å². The second kappa shape index (κ2) is 5.30. The van der Waals surface area contributed by atoms with Crippen molar-refractivity contribution in [1.82, 2.24) is 5.32 Å². The Hall–Kier alpha value is -1.10. The van der Waals surface area contributed by atoms with E-state index in [1.165, 1.54) is 0 Å². The highest BCUT2D eigenvalue weighted by Crippen LogP contribution is 2.20. The molecule has 1 heterocycles. The summed E-state index contributed by atoms with van der Waals surface area (Å²) in [4.78, 5) is 22.7. The van der Waals surface area contributed by atoms with E-state index in [0.717, 1.165) is 6.42 Å². The Morgan fingerprint density at radius 1 is 1.44 bits per heavy atom. The molecule has 1 amide bonds. The number of carboxylic acids is 1. The second-order valence-corrected chi connectivity index (χ2v) is 4.63. The number of carbonyl (C=O) groups excluding carboxylic acids is 1. The smallest absolute Gasteiger partial charge is 0.326 e. The van der Waals surface area contributed by atoms with E-state index in [4.69, 9.17) is 9.84 Å². The van der Waals surface area contributed by atoms with Crippen LogP contribution in [0.15, 0.2) is 0 Å². The van der Waals surface area contributed by atoms with Crippen LogP contribution in [0.1, 0.15) is 27.2 Å². The van der Waals surface area contributed by atoms with Crippen LogP contribution in [0.4, 0.5) is 0 Å². The normalized spacial score (nSPS) is 26.8. The first-order valence-corrected chi connectivity index (χ1v) is 5.58. The van der Waals surface area contributed by atoms with E-state index in [9.17, 15) is 9.59 Å². The Balaban J connectivity index is 2.58. The number of rotatable bonds is 4. The molecular formula is C11H19NO4. The first-order valence-electron chi connectivity index (χ1n) is 5.58. The van der Waals surface area contributed by atoms with Crippen LogP contribution in [0.2, 0.25) is 0 Å². The molecule has 2 N–H and O–H groups in total. The lowest BCUT2D eigenvalue weighted by Crippen LogP contribution is -2.49. The third-order valence-corrected chi connectivity index (χ3v) is 2.88. The summed E-state index contributed by atoms with van der Waals surface area (Å²) < 4.78 is 5.28. The SMILES string of the molecule is CC1CCOC1C(=O)N[C@@H](C(=O)O)C(C)C. The minimum Gasteiger partial charge on any atom is -0.480 e. The summed E-state index contributed by atoms with van der Waals surface area (Å²) >= 11 is 0. The van der Waals surface area contributed by atoms with E-state index in [1.54, 1.807) is 13.8 Å². The first kappa shape index (κ1) is 13.0. The summed E-state index contributed by atoms with van der Waals surface area (Å²) in [6.45, 7) is 6.02. The topological polar surface area (TPSA) is 75.6 Å². The van der Waals surface area contributed by atoms with Gasteiger partial charge in [-0.3, -0.25) is 4.79 Å². The molecule has 1 rings (SSSR count). The molecule has 1 aliphatic heterocycles. The molecule has 0 bridgehead atoms. The van der Waals surface area contributed by atoms with Gasteiger partial charge in [0.2, 0.25) is 5.91 Å². The fraction of sp³-hybridized carbons (Fsp3) is 0.818. The van der Waals surface area contributed by atoms with Crippen molar-refractivity contribution >= 4 is 11.9 Å². The van der Waals surface area contributed by atoms with Crippen molar-refractivity contribution in [2.75, 3.05) is 6.61 Å². The lowest BCUT2D eigenvalue weighted by atomic mass is 10.0. The van der Waals surface area contributed by atoms with E-state index in [2.05, 4.69) is 5.32 Å². The molecule has 1 fully saturated rings. The number of aliphatic carboxylic acids is 1. The van der Waals surface area contributed by atoms with E-state index in [0.29, 0.717) is 6.61 Å². The summed E-state index contributed by atoms with van der Waals surface area (Å²) in [6.07, 6.45) is 0.345. The average molecular weight is 229 g/mol. The monoisotopic (exact) mass is 229 g/mol. The minimum absolute atomic E-state index is 0.141. The minimum atomic E-state index is -1.01. The molecule has 3 atom stereocenters. The zero-order valence-electron chi connectivity index (χ0n) is 9.90. The summed E-state index contributed by atoms with van der Waals surface area (Å²) in [5, 5.41) is 11.5. The number of hydrogen-bond donors (Lipinski definition) is 2. The van der Waals surface area contributed by atoms with Crippen LogP contribution in [0.25, 0.3) is 0 Å². The van der Waals surface area contributed by atoms with Gasteiger partial charge >= 0.3 is 5.97 Å². The number of amides is 1. The third kappa shape index (κ3) is 2.95. The van der Waals surface area contributed by atoms with Crippen LogP contribution < -0.4 is 5.32 Å². The van der Waals surface area contributed by atoms with Gasteiger partial charge in [0.25, 0.3) is 0 Å². The Morgan fingerprint density at radius 3 is 2.44 bits per heavy atom. The van der Waals surface area contributed by atoms with Gasteiger partial charge in [0, 0.05) is 6.61 Å². The number of hydrogen-bond acceptors (Lipinski definition) is 3. The number of carboxylic acid groups (broad SMARTS) is 1. The van der Waals surface area contributed by atoms with E-state index in [1.807, 2.05) is 6.92 Å². The lowest BCUT2D eigenvalue weighted by Gasteiger charge is -2.21. The van der Waals surface area contributed by atoms with Crippen LogP contribution in [0.5, 0.6) is 0 Å². The fourth-order valence-electron chi connectivity index (χ4n) is 1.78. The van der Waals surface area contributed by atoms with E-state index < -0.39 is 18.1 Å². The van der Waals surface area contributed by atoms with Crippen LogP contribution in [-0.4, -0.2) is 35.7 Å². The largest absolute Gasteiger partial charge is 0.480 e. The van der Waals surface area contributed by atoms with Crippen LogP contribution in [-0.2, 0) is 14.3 Å². The van der Waals surface area contributed by atoms with Crippen molar-refractivity contribution in [2.45, 2.75) is 39.3 Å². The maximum Gasteiger partial charge on any atom is 0.326 e. The van der Waals surface area contributed by atoms with Gasteiger partial charge in [0.15, 0.2) is 0 Å². The Bertz CT molecular complexity index is 277. The van der Waals surface area contributed by atoms with Gasteiger partial charge < -0.3 is 15.2 Å². The van der Waals surface area contributed by atoms with Crippen LogP contribution >= 0.6 is 0 Å². The maximum absolute atomic E-state index is 11.8. The summed E-state index contributed by atoms with van der Waals surface area (Å²) in [5.41, 5.74) is 0. The molecule has 0 radical (unpaired) electrons. The molecule has 5 heteroatoms. The molecule has 92 valence electrons. The van der Waals surface area contributed by atoms with Crippen molar-refractivity contribution in [3.63, 3.8) is 0 Å². The molecule has 0 aromatic heterocycles. The highest BCUT2D eigenvalue weighted by atomic mass is 16.5. The Morgan fingerprint density at radius 2 is 2.06 bits per heavy atom. The fourth-order valence-corrected chi connectivity index (χ4v) is 1.78. The third-order valence-electron chi connectivity index (χ3n) is 2.88. The molecule has 1 saturated heterocycles. The van der Waals surface area contributed by atoms with Crippen LogP contribution in [0.3, 0.4) is 0 Å². The molecule has 16 heavy (non-hydrogen) atoms. The molecule has 0 aromatic carbocycles. The summed E-state index contributed by atoms with van der Waals surface area (Å²) in [6, 6.07) is -0.844. The predicted molar refractivity (Wildman–Crippen MR) is 57.9 cm³/mol. The van der Waals surface area contributed by atoms with Gasteiger partial charge in [-0.1, -0.05) is 20.8 Å². The molecule has 0 saturated carbocycles. The van der Waals surface area contributed by atoms with Crippen molar-refractivity contribution in [1.29, 1.82) is 0 Å². The van der Waals surface area contributed by atoms with Crippen molar-refractivity contribution in [2.24, 2.45) is 11.8 Å². The molecule has 1 aliphatic rings. The van der Waals surface area contributed by atoms with Crippen molar-refractivity contribution in [3.8, 4) is 0 Å². The van der Waals surface area contributed by atoms with Gasteiger partial charge in [-0.15, -0.1) is 0 Å². The first-order chi connectivity index (χ1) is 7.43. The zero-order chi connectivity index (χ0) is 12.3. The standard InChI is InChI=1S/C11H19NO4/c1-6(2)8(11(14)15)12-10(13)9-7(3)4-5-16-9/h6-9H,4-5H2,1-3H3,(H,12,13)(H,14,15)/t7?,8-,9?/m1/s1. The zero-order valence-corrected chi connectivity index (χ0v) is 9.90. The molecular weight excluding hydrogens is 210 g/mol. The average Bonchev–Trinajstić information content (AvgIpc) is 2.59. The molecule has 0 aromatic rings. The quantitative estimate of drug-likeness (QED) is 0.741. The molecule has 0 aliphatic carbocycles. The summed E-state index contributed by atoms with van der Waals surface area (Å²) in [7, 11) is 0. The highest BCUT2D eigenvalue weighted by Gasteiger charge is 2.34. The second-order valence-electron chi connectivity index (χ2n) is 4.63. The maximum atomic E-state index is 11.8. The Labute approximate surface area is 95.2 Å². The van der Waals surface area contributed by atoms with Gasteiger partial charge in [0.1, 0.15) is 12.1 Å². The molecule has 5 nitrogen and oxygen atoms in total. The predicted octanol–water partition coefficient (Wildman–Crippen LogP) is 0.637. The van der Waals surface area contributed by atoms with E-state index >= 15 is 0 Å².